The van der Waals surface area contributed by atoms with Crippen LogP contribution in [0, 0.1) is 13.8 Å². The summed E-state index contributed by atoms with van der Waals surface area (Å²) in [6.45, 7) is 4.17. The zero-order valence-corrected chi connectivity index (χ0v) is 11.9. The van der Waals surface area contributed by atoms with E-state index < -0.39 is 0 Å². The maximum atomic E-state index is 5.07. The highest BCUT2D eigenvalue weighted by Gasteiger charge is 2.04. The molecular weight excluding hydrogens is 266 g/mol. The van der Waals surface area contributed by atoms with Crippen molar-refractivity contribution >= 4 is 5.69 Å². The standard InChI is InChI=1S/C15H15N5O/c1-10-16-7-6-14(18-10)12-4-3-5-13(8-12)17-9-15-19-11(2)20-21-15/h3-8,17H,9H2,1-2H3. The van der Waals surface area contributed by atoms with Crippen LogP contribution in [0.4, 0.5) is 5.69 Å². The van der Waals surface area contributed by atoms with E-state index in [2.05, 4.69) is 25.4 Å². The fourth-order valence-corrected chi connectivity index (χ4v) is 1.99. The average molecular weight is 281 g/mol. The molecule has 0 saturated carbocycles. The molecule has 6 heteroatoms. The molecule has 106 valence electrons. The molecule has 3 aromatic rings. The molecule has 2 heterocycles. The van der Waals surface area contributed by atoms with E-state index in [9.17, 15) is 0 Å². The van der Waals surface area contributed by atoms with Gasteiger partial charge < -0.3 is 9.84 Å². The van der Waals surface area contributed by atoms with Gasteiger partial charge in [0, 0.05) is 17.4 Å². The van der Waals surface area contributed by atoms with E-state index in [-0.39, 0.29) is 0 Å². The minimum atomic E-state index is 0.493. The van der Waals surface area contributed by atoms with Gasteiger partial charge in [-0.2, -0.15) is 4.98 Å². The van der Waals surface area contributed by atoms with Gasteiger partial charge in [0.25, 0.3) is 0 Å². The van der Waals surface area contributed by atoms with Gasteiger partial charge in [-0.3, -0.25) is 0 Å². The Balaban J connectivity index is 1.77. The maximum absolute atomic E-state index is 5.07. The minimum absolute atomic E-state index is 0.493. The first-order valence-electron chi connectivity index (χ1n) is 6.64. The van der Waals surface area contributed by atoms with Gasteiger partial charge in [0.1, 0.15) is 5.82 Å². The molecule has 3 rings (SSSR count). The number of aryl methyl sites for hydroxylation is 2. The lowest BCUT2D eigenvalue weighted by Crippen LogP contribution is -2.00. The first-order valence-corrected chi connectivity index (χ1v) is 6.64. The van der Waals surface area contributed by atoms with Gasteiger partial charge in [0.15, 0.2) is 5.82 Å². The number of nitrogens with one attached hydrogen (secondary N) is 1. The van der Waals surface area contributed by atoms with Crippen LogP contribution in [0.3, 0.4) is 0 Å². The molecule has 0 aliphatic rings. The smallest absolute Gasteiger partial charge is 0.245 e. The number of rotatable bonds is 4. The number of hydrogen-bond acceptors (Lipinski definition) is 6. The van der Waals surface area contributed by atoms with E-state index in [1.165, 1.54) is 0 Å². The van der Waals surface area contributed by atoms with Gasteiger partial charge in [-0.15, -0.1) is 0 Å². The van der Waals surface area contributed by atoms with Crippen LogP contribution in [0.5, 0.6) is 0 Å². The second-order valence-electron chi connectivity index (χ2n) is 4.66. The van der Waals surface area contributed by atoms with Gasteiger partial charge in [0.2, 0.25) is 5.89 Å². The summed E-state index contributed by atoms with van der Waals surface area (Å²) in [6.07, 6.45) is 1.76. The van der Waals surface area contributed by atoms with Crippen molar-refractivity contribution in [3.63, 3.8) is 0 Å². The Kier molecular flexibility index (Phi) is 3.59. The van der Waals surface area contributed by atoms with Crippen molar-refractivity contribution in [1.82, 2.24) is 20.1 Å². The monoisotopic (exact) mass is 281 g/mol. The third-order valence-electron chi connectivity index (χ3n) is 2.95. The van der Waals surface area contributed by atoms with Gasteiger partial charge >= 0.3 is 0 Å². The molecule has 0 atom stereocenters. The SMILES string of the molecule is Cc1nccc(-c2cccc(NCc3nc(C)no3)c2)n1. The zero-order chi connectivity index (χ0) is 14.7. The van der Waals surface area contributed by atoms with Crippen LogP contribution in [0.15, 0.2) is 41.1 Å². The highest BCUT2D eigenvalue weighted by atomic mass is 16.5. The summed E-state index contributed by atoms with van der Waals surface area (Å²) >= 11 is 0. The fraction of sp³-hybridized carbons (Fsp3) is 0.200. The first kappa shape index (κ1) is 13.2. The number of nitrogens with zero attached hydrogens (tertiary/aromatic N) is 4. The van der Waals surface area contributed by atoms with Crippen molar-refractivity contribution in [3.8, 4) is 11.3 Å². The summed E-state index contributed by atoms with van der Waals surface area (Å²) < 4.78 is 5.07. The highest BCUT2D eigenvalue weighted by molar-refractivity contribution is 5.64. The second kappa shape index (κ2) is 5.70. The Hall–Kier alpha value is -2.76. The Morgan fingerprint density at radius 2 is 2.00 bits per heavy atom. The summed E-state index contributed by atoms with van der Waals surface area (Å²) in [4.78, 5) is 12.7. The lowest BCUT2D eigenvalue weighted by molar-refractivity contribution is 0.379. The molecule has 0 aliphatic carbocycles. The van der Waals surface area contributed by atoms with Crippen LogP contribution < -0.4 is 5.32 Å². The third kappa shape index (κ3) is 3.22. The van der Waals surface area contributed by atoms with E-state index in [0.29, 0.717) is 18.3 Å². The van der Waals surface area contributed by atoms with Crippen LogP contribution in [-0.2, 0) is 6.54 Å². The molecular formula is C15H15N5O. The van der Waals surface area contributed by atoms with E-state index in [1.54, 1.807) is 13.1 Å². The van der Waals surface area contributed by atoms with Crippen molar-refractivity contribution in [2.24, 2.45) is 0 Å². The number of benzene rings is 1. The summed E-state index contributed by atoms with van der Waals surface area (Å²) in [7, 11) is 0. The summed E-state index contributed by atoms with van der Waals surface area (Å²) in [5.74, 6) is 1.96. The summed E-state index contributed by atoms with van der Waals surface area (Å²) in [6, 6.07) is 9.91. The Morgan fingerprint density at radius 3 is 2.76 bits per heavy atom. The molecule has 2 aromatic heterocycles. The van der Waals surface area contributed by atoms with Gasteiger partial charge in [-0.25, -0.2) is 9.97 Å². The predicted molar refractivity (Wildman–Crippen MR) is 78.6 cm³/mol. The molecule has 6 nitrogen and oxygen atoms in total. The molecule has 0 spiro atoms. The Bertz CT molecular complexity index is 753. The first-order chi connectivity index (χ1) is 10.2. The molecule has 1 N–H and O–H groups in total. The molecule has 0 amide bonds. The van der Waals surface area contributed by atoms with Crippen molar-refractivity contribution in [3.05, 3.63) is 54.1 Å². The predicted octanol–water partition coefficient (Wildman–Crippen LogP) is 2.76. The molecule has 0 fully saturated rings. The quantitative estimate of drug-likeness (QED) is 0.792. The molecule has 0 aliphatic heterocycles. The lowest BCUT2D eigenvalue weighted by atomic mass is 10.1. The molecule has 21 heavy (non-hydrogen) atoms. The van der Waals surface area contributed by atoms with Crippen LogP contribution in [-0.4, -0.2) is 20.1 Å². The molecule has 1 aromatic carbocycles. The van der Waals surface area contributed by atoms with E-state index in [0.717, 1.165) is 22.8 Å². The Morgan fingerprint density at radius 1 is 1.10 bits per heavy atom. The number of aromatic nitrogens is 4. The average Bonchev–Trinajstić information content (AvgIpc) is 2.91. The molecule has 0 bridgehead atoms. The van der Waals surface area contributed by atoms with Gasteiger partial charge in [0.05, 0.1) is 12.2 Å². The third-order valence-corrected chi connectivity index (χ3v) is 2.95. The van der Waals surface area contributed by atoms with E-state index in [1.807, 2.05) is 37.3 Å². The normalized spacial score (nSPS) is 10.6. The Labute approximate surface area is 122 Å². The second-order valence-corrected chi connectivity index (χ2v) is 4.66. The van der Waals surface area contributed by atoms with Crippen molar-refractivity contribution in [2.45, 2.75) is 20.4 Å². The maximum Gasteiger partial charge on any atom is 0.245 e. The highest BCUT2D eigenvalue weighted by Crippen LogP contribution is 2.21. The van der Waals surface area contributed by atoms with Crippen LogP contribution in [0.1, 0.15) is 17.5 Å². The van der Waals surface area contributed by atoms with Crippen LogP contribution in [0.2, 0.25) is 0 Å². The van der Waals surface area contributed by atoms with Gasteiger partial charge in [-0.05, 0) is 32.0 Å². The molecule has 0 saturated heterocycles. The van der Waals surface area contributed by atoms with Crippen LogP contribution in [0.25, 0.3) is 11.3 Å². The zero-order valence-electron chi connectivity index (χ0n) is 11.9. The van der Waals surface area contributed by atoms with Gasteiger partial charge in [-0.1, -0.05) is 17.3 Å². The van der Waals surface area contributed by atoms with Crippen molar-refractivity contribution in [2.75, 3.05) is 5.32 Å². The van der Waals surface area contributed by atoms with Crippen molar-refractivity contribution in [1.29, 1.82) is 0 Å². The topological polar surface area (TPSA) is 76.7 Å². The largest absolute Gasteiger partial charge is 0.376 e. The molecule has 0 radical (unpaired) electrons. The molecule has 0 unspecified atom stereocenters. The minimum Gasteiger partial charge on any atom is -0.376 e. The van der Waals surface area contributed by atoms with Crippen molar-refractivity contribution < 1.29 is 4.52 Å². The van der Waals surface area contributed by atoms with E-state index >= 15 is 0 Å². The fourth-order valence-electron chi connectivity index (χ4n) is 1.99. The van der Waals surface area contributed by atoms with Crippen LogP contribution >= 0.6 is 0 Å². The number of hydrogen-bond donors (Lipinski definition) is 1. The lowest BCUT2D eigenvalue weighted by Gasteiger charge is -2.06. The van der Waals surface area contributed by atoms with E-state index in [4.69, 9.17) is 4.52 Å². The summed E-state index contributed by atoms with van der Waals surface area (Å²) in [5.41, 5.74) is 2.91. The summed E-state index contributed by atoms with van der Waals surface area (Å²) in [5, 5.41) is 7.02. The number of anilines is 1.